The topological polar surface area (TPSA) is 49.7 Å². The molecule has 4 heteroatoms. The van der Waals surface area contributed by atoms with Crippen molar-refractivity contribution in [3.05, 3.63) is 29.6 Å². The summed E-state index contributed by atoms with van der Waals surface area (Å²) in [5.41, 5.74) is 0.180. The second-order valence-electron chi connectivity index (χ2n) is 2.92. The molecule has 0 aromatic heterocycles. The third kappa shape index (κ3) is 2.43. The Balaban J connectivity index is 2.88. The van der Waals surface area contributed by atoms with Gasteiger partial charge in [0.1, 0.15) is 11.6 Å². The van der Waals surface area contributed by atoms with Gasteiger partial charge >= 0.3 is 0 Å². The minimum Gasteiger partial charge on any atom is -0.497 e. The molecule has 0 bridgehead atoms. The van der Waals surface area contributed by atoms with Gasteiger partial charge in [-0.2, -0.15) is 0 Å². The Morgan fingerprint density at radius 1 is 1.50 bits per heavy atom. The number of halogens is 1. The molecule has 1 atom stereocenters. The minimum atomic E-state index is -0.967. The van der Waals surface area contributed by atoms with Crippen LogP contribution >= 0.6 is 0 Å². The third-order valence-corrected chi connectivity index (χ3v) is 1.97. The minimum absolute atomic E-state index is 0.128. The summed E-state index contributed by atoms with van der Waals surface area (Å²) in [6.45, 7) is -0.174. The summed E-state index contributed by atoms with van der Waals surface area (Å²) in [6, 6.07) is 4.23. The molecule has 0 fully saturated rings. The molecule has 0 saturated heterocycles. The van der Waals surface area contributed by atoms with Gasteiger partial charge in [-0.15, -0.1) is 0 Å². The van der Waals surface area contributed by atoms with Crippen molar-refractivity contribution in [1.82, 2.24) is 0 Å². The van der Waals surface area contributed by atoms with Gasteiger partial charge in [0.2, 0.25) is 0 Å². The molecule has 1 aromatic rings. The smallest absolute Gasteiger partial charge is 0.132 e. The highest BCUT2D eigenvalue weighted by molar-refractivity contribution is 5.30. The van der Waals surface area contributed by atoms with Crippen molar-refractivity contribution in [2.75, 3.05) is 13.7 Å². The quantitative estimate of drug-likeness (QED) is 0.769. The van der Waals surface area contributed by atoms with E-state index in [2.05, 4.69) is 0 Å². The molecule has 0 heterocycles. The van der Waals surface area contributed by atoms with E-state index < -0.39 is 11.9 Å². The standard InChI is InChI=1S/C10H13FO3/c1-14-7-2-3-8(9(11)6-7)10(13)4-5-12/h2-3,6,10,12-13H,4-5H2,1H3. The fourth-order valence-electron chi connectivity index (χ4n) is 1.18. The molecule has 78 valence electrons. The summed E-state index contributed by atoms with van der Waals surface area (Å²) >= 11 is 0. The number of hydrogen-bond donors (Lipinski definition) is 2. The summed E-state index contributed by atoms with van der Waals surface area (Å²) in [5, 5.41) is 18.0. The Labute approximate surface area is 81.8 Å². The van der Waals surface area contributed by atoms with Gasteiger partial charge in [0, 0.05) is 24.7 Å². The number of methoxy groups -OCH3 is 1. The predicted molar refractivity (Wildman–Crippen MR) is 49.6 cm³/mol. The molecule has 0 spiro atoms. The molecule has 2 N–H and O–H groups in total. The molecular weight excluding hydrogens is 187 g/mol. The number of rotatable bonds is 4. The van der Waals surface area contributed by atoms with E-state index in [0.717, 1.165) is 0 Å². The zero-order valence-corrected chi connectivity index (χ0v) is 7.90. The second kappa shape index (κ2) is 4.93. The molecular formula is C10H13FO3. The molecule has 0 aliphatic rings. The van der Waals surface area contributed by atoms with Gasteiger partial charge in [0.05, 0.1) is 13.2 Å². The van der Waals surface area contributed by atoms with Crippen molar-refractivity contribution < 1.29 is 19.3 Å². The highest BCUT2D eigenvalue weighted by Gasteiger charge is 2.12. The molecule has 14 heavy (non-hydrogen) atoms. The van der Waals surface area contributed by atoms with Crippen molar-refractivity contribution in [2.24, 2.45) is 0 Å². The highest BCUT2D eigenvalue weighted by Crippen LogP contribution is 2.23. The van der Waals surface area contributed by atoms with Gasteiger partial charge in [-0.3, -0.25) is 0 Å². The van der Waals surface area contributed by atoms with Crippen molar-refractivity contribution in [3.8, 4) is 5.75 Å². The van der Waals surface area contributed by atoms with Crippen LogP contribution in [-0.4, -0.2) is 23.9 Å². The summed E-state index contributed by atoms with van der Waals surface area (Å²) in [5.74, 6) is -0.118. The summed E-state index contributed by atoms with van der Waals surface area (Å²) < 4.78 is 18.1. The zero-order valence-electron chi connectivity index (χ0n) is 7.90. The van der Waals surface area contributed by atoms with Gasteiger partial charge in [-0.25, -0.2) is 4.39 Å². The Bertz CT molecular complexity index is 301. The van der Waals surface area contributed by atoms with E-state index in [0.29, 0.717) is 5.75 Å². The molecule has 0 aliphatic carbocycles. The Morgan fingerprint density at radius 3 is 2.71 bits per heavy atom. The lowest BCUT2D eigenvalue weighted by atomic mass is 10.1. The maximum atomic E-state index is 13.3. The lowest BCUT2D eigenvalue weighted by Crippen LogP contribution is -2.03. The molecule has 0 amide bonds. The fraction of sp³-hybridized carbons (Fsp3) is 0.400. The number of ether oxygens (including phenoxy) is 1. The Morgan fingerprint density at radius 2 is 2.21 bits per heavy atom. The van der Waals surface area contributed by atoms with Crippen LogP contribution in [0.4, 0.5) is 4.39 Å². The average molecular weight is 200 g/mol. The molecule has 3 nitrogen and oxygen atoms in total. The Hall–Kier alpha value is -1.13. The van der Waals surface area contributed by atoms with Crippen LogP contribution in [0.2, 0.25) is 0 Å². The first-order valence-electron chi connectivity index (χ1n) is 4.31. The number of aliphatic hydroxyl groups is 2. The monoisotopic (exact) mass is 200 g/mol. The van der Waals surface area contributed by atoms with Crippen LogP contribution in [0.25, 0.3) is 0 Å². The SMILES string of the molecule is COc1ccc(C(O)CCO)c(F)c1. The van der Waals surface area contributed by atoms with Crippen LogP contribution in [0, 0.1) is 5.82 Å². The van der Waals surface area contributed by atoms with Crippen LogP contribution in [0.5, 0.6) is 5.75 Å². The van der Waals surface area contributed by atoms with Crippen molar-refractivity contribution in [1.29, 1.82) is 0 Å². The molecule has 1 rings (SSSR count). The Kier molecular flexibility index (Phi) is 3.85. The van der Waals surface area contributed by atoms with E-state index in [9.17, 15) is 9.50 Å². The van der Waals surface area contributed by atoms with E-state index >= 15 is 0 Å². The fourth-order valence-corrected chi connectivity index (χ4v) is 1.18. The highest BCUT2D eigenvalue weighted by atomic mass is 19.1. The largest absolute Gasteiger partial charge is 0.497 e. The van der Waals surface area contributed by atoms with Gasteiger partial charge in [-0.1, -0.05) is 0 Å². The summed E-state index contributed by atoms with van der Waals surface area (Å²) in [4.78, 5) is 0. The maximum absolute atomic E-state index is 13.3. The summed E-state index contributed by atoms with van der Waals surface area (Å²) in [6.07, 6.45) is -0.839. The van der Waals surface area contributed by atoms with Gasteiger partial charge in [0.15, 0.2) is 0 Å². The van der Waals surface area contributed by atoms with E-state index in [-0.39, 0.29) is 18.6 Å². The molecule has 1 aromatic carbocycles. The molecule has 0 aliphatic heterocycles. The molecule has 0 saturated carbocycles. The first kappa shape index (κ1) is 10.9. The van der Waals surface area contributed by atoms with E-state index in [1.54, 1.807) is 6.07 Å². The molecule has 1 unspecified atom stereocenters. The summed E-state index contributed by atoms with van der Waals surface area (Å²) in [7, 11) is 1.44. The van der Waals surface area contributed by atoms with E-state index in [1.165, 1.54) is 19.2 Å². The first-order chi connectivity index (χ1) is 6.69. The number of hydrogen-bond acceptors (Lipinski definition) is 3. The van der Waals surface area contributed by atoms with Crippen LogP contribution in [0.15, 0.2) is 18.2 Å². The molecule has 0 radical (unpaired) electrons. The van der Waals surface area contributed by atoms with Crippen LogP contribution in [0.3, 0.4) is 0 Å². The van der Waals surface area contributed by atoms with Crippen molar-refractivity contribution in [3.63, 3.8) is 0 Å². The third-order valence-electron chi connectivity index (χ3n) is 1.97. The van der Waals surface area contributed by atoms with Crippen molar-refractivity contribution in [2.45, 2.75) is 12.5 Å². The van der Waals surface area contributed by atoms with Crippen LogP contribution in [0.1, 0.15) is 18.1 Å². The second-order valence-corrected chi connectivity index (χ2v) is 2.92. The number of aliphatic hydroxyl groups excluding tert-OH is 2. The van der Waals surface area contributed by atoms with Gasteiger partial charge in [0.25, 0.3) is 0 Å². The normalized spacial score (nSPS) is 12.6. The van der Waals surface area contributed by atoms with Crippen LogP contribution < -0.4 is 4.74 Å². The first-order valence-corrected chi connectivity index (χ1v) is 4.31. The van der Waals surface area contributed by atoms with Crippen LogP contribution in [-0.2, 0) is 0 Å². The average Bonchev–Trinajstić information content (AvgIpc) is 2.17. The van der Waals surface area contributed by atoms with E-state index in [4.69, 9.17) is 9.84 Å². The number of benzene rings is 1. The van der Waals surface area contributed by atoms with Gasteiger partial charge < -0.3 is 14.9 Å². The predicted octanol–water partition coefficient (Wildman–Crippen LogP) is 1.25. The zero-order chi connectivity index (χ0) is 10.6. The van der Waals surface area contributed by atoms with Gasteiger partial charge in [-0.05, 0) is 12.1 Å². The van der Waals surface area contributed by atoms with E-state index in [1.807, 2.05) is 0 Å². The lowest BCUT2D eigenvalue weighted by Gasteiger charge is -2.11. The maximum Gasteiger partial charge on any atom is 0.132 e. The lowest BCUT2D eigenvalue weighted by molar-refractivity contribution is 0.131. The van der Waals surface area contributed by atoms with Crippen molar-refractivity contribution >= 4 is 0 Å².